The van der Waals surface area contributed by atoms with Crippen LogP contribution in [0.1, 0.15) is 36.8 Å². The highest BCUT2D eigenvalue weighted by molar-refractivity contribution is 5.78. The molecule has 1 aliphatic heterocycles. The molecule has 1 heterocycles. The molecule has 1 aliphatic rings. The summed E-state index contributed by atoms with van der Waals surface area (Å²) in [6, 6.07) is 5.08. The summed E-state index contributed by atoms with van der Waals surface area (Å²) in [4.78, 5) is 12.0. The summed E-state index contributed by atoms with van der Waals surface area (Å²) in [6.07, 6.45) is -2.87. The molecule has 1 unspecified atom stereocenters. The number of ether oxygens (including phenoxy) is 1. The number of carbonyl (C=O) groups excluding carboxylic acids is 1. The Morgan fingerprint density at radius 3 is 2.41 bits per heavy atom. The first-order valence-corrected chi connectivity index (χ1v) is 7.40. The van der Waals surface area contributed by atoms with Gasteiger partial charge in [0.1, 0.15) is 0 Å². The largest absolute Gasteiger partial charge is 0.416 e. The Hall–Kier alpha value is -1.56. The van der Waals surface area contributed by atoms with Crippen LogP contribution in [-0.2, 0) is 15.7 Å². The second kappa shape index (κ2) is 7.13. The van der Waals surface area contributed by atoms with Gasteiger partial charge in [0.25, 0.3) is 0 Å². The van der Waals surface area contributed by atoms with Gasteiger partial charge in [-0.15, -0.1) is 0 Å². The van der Waals surface area contributed by atoms with E-state index in [0.29, 0.717) is 19.8 Å². The molecule has 1 aromatic carbocycles. The van der Waals surface area contributed by atoms with Crippen LogP contribution in [0.3, 0.4) is 0 Å². The molecule has 0 bridgehead atoms. The normalized spacial score (nSPS) is 18.0. The lowest BCUT2D eigenvalue weighted by atomic mass is 9.97. The molecule has 1 fully saturated rings. The third-order valence-corrected chi connectivity index (χ3v) is 3.98. The van der Waals surface area contributed by atoms with E-state index in [9.17, 15) is 18.0 Å². The molecule has 1 atom stereocenters. The van der Waals surface area contributed by atoms with Crippen LogP contribution in [0.2, 0.25) is 0 Å². The van der Waals surface area contributed by atoms with Gasteiger partial charge < -0.3 is 10.1 Å². The van der Waals surface area contributed by atoms with Crippen LogP contribution in [0, 0.1) is 5.92 Å². The highest BCUT2D eigenvalue weighted by Gasteiger charge is 2.30. The number of rotatable bonds is 4. The summed E-state index contributed by atoms with van der Waals surface area (Å²) >= 11 is 0. The van der Waals surface area contributed by atoms with Crippen LogP contribution >= 0.6 is 0 Å². The number of amides is 1. The minimum Gasteiger partial charge on any atom is -0.381 e. The Labute approximate surface area is 127 Å². The van der Waals surface area contributed by atoms with Gasteiger partial charge in [-0.25, -0.2) is 0 Å². The van der Waals surface area contributed by atoms with Gasteiger partial charge in [0.2, 0.25) is 5.91 Å². The first-order valence-electron chi connectivity index (χ1n) is 7.40. The fourth-order valence-corrected chi connectivity index (χ4v) is 2.48. The van der Waals surface area contributed by atoms with E-state index in [2.05, 4.69) is 5.32 Å². The van der Waals surface area contributed by atoms with Crippen LogP contribution < -0.4 is 5.32 Å². The van der Waals surface area contributed by atoms with Crippen molar-refractivity contribution in [3.8, 4) is 0 Å². The van der Waals surface area contributed by atoms with Gasteiger partial charge >= 0.3 is 6.18 Å². The van der Waals surface area contributed by atoms with E-state index < -0.39 is 11.7 Å². The van der Waals surface area contributed by atoms with E-state index in [1.807, 2.05) is 6.92 Å². The Balaban J connectivity index is 1.86. The predicted octanol–water partition coefficient (Wildman–Crippen LogP) is 3.35. The third-order valence-electron chi connectivity index (χ3n) is 3.98. The standard InChI is InChI=1S/C16H20F3NO2/c1-11(10-20-15(21)13-6-8-22-9-7-13)12-2-4-14(5-3-12)16(17,18)19/h2-5,11,13H,6-10H2,1H3,(H,20,21). The van der Waals surface area contributed by atoms with Crippen LogP contribution in [0.25, 0.3) is 0 Å². The Kier molecular flexibility index (Phi) is 5.45. The SMILES string of the molecule is CC(CNC(=O)C1CCOCC1)c1ccc(C(F)(F)F)cc1. The van der Waals surface area contributed by atoms with Crippen molar-refractivity contribution >= 4 is 5.91 Å². The Bertz CT molecular complexity index is 493. The van der Waals surface area contributed by atoms with Crippen LogP contribution in [0.4, 0.5) is 13.2 Å². The zero-order valence-electron chi connectivity index (χ0n) is 12.5. The monoisotopic (exact) mass is 315 g/mol. The van der Waals surface area contributed by atoms with Crippen LogP contribution in [0.15, 0.2) is 24.3 Å². The lowest BCUT2D eigenvalue weighted by Gasteiger charge is -2.22. The lowest BCUT2D eigenvalue weighted by molar-refractivity contribution is -0.137. The number of carbonyl (C=O) groups is 1. The number of hydrogen-bond acceptors (Lipinski definition) is 2. The van der Waals surface area contributed by atoms with E-state index in [1.165, 1.54) is 12.1 Å². The fourth-order valence-electron chi connectivity index (χ4n) is 2.48. The number of benzene rings is 1. The van der Waals surface area contributed by atoms with Gasteiger partial charge in [0.05, 0.1) is 5.56 Å². The Morgan fingerprint density at radius 1 is 1.27 bits per heavy atom. The Morgan fingerprint density at radius 2 is 1.86 bits per heavy atom. The molecule has 0 aliphatic carbocycles. The number of alkyl halides is 3. The van der Waals surface area contributed by atoms with Crippen molar-refractivity contribution < 1.29 is 22.7 Å². The van der Waals surface area contributed by atoms with Gasteiger partial charge in [-0.05, 0) is 36.5 Å². The molecular formula is C16H20F3NO2. The van der Waals surface area contributed by atoms with Crippen molar-refractivity contribution in [2.24, 2.45) is 5.92 Å². The molecule has 3 nitrogen and oxygen atoms in total. The summed E-state index contributed by atoms with van der Waals surface area (Å²) in [7, 11) is 0. The maximum Gasteiger partial charge on any atom is 0.416 e. The zero-order chi connectivity index (χ0) is 16.2. The smallest absolute Gasteiger partial charge is 0.381 e. The summed E-state index contributed by atoms with van der Waals surface area (Å²) in [6.45, 7) is 3.51. The molecule has 22 heavy (non-hydrogen) atoms. The molecule has 0 aromatic heterocycles. The van der Waals surface area contributed by atoms with Gasteiger partial charge in [-0.3, -0.25) is 4.79 Å². The molecule has 122 valence electrons. The molecule has 1 N–H and O–H groups in total. The van der Waals surface area contributed by atoms with Crippen LogP contribution in [-0.4, -0.2) is 25.7 Å². The molecule has 0 saturated carbocycles. The van der Waals surface area contributed by atoms with Gasteiger partial charge in [0.15, 0.2) is 0 Å². The van der Waals surface area contributed by atoms with Crippen molar-refractivity contribution in [1.29, 1.82) is 0 Å². The van der Waals surface area contributed by atoms with E-state index in [-0.39, 0.29) is 17.7 Å². The molecule has 0 radical (unpaired) electrons. The third kappa shape index (κ3) is 4.47. The van der Waals surface area contributed by atoms with E-state index in [0.717, 1.165) is 30.5 Å². The molecule has 0 spiro atoms. The summed E-state index contributed by atoms with van der Waals surface area (Å²) < 4.78 is 42.8. The lowest BCUT2D eigenvalue weighted by Crippen LogP contribution is -2.36. The van der Waals surface area contributed by atoms with Gasteiger partial charge in [-0.2, -0.15) is 13.2 Å². The highest BCUT2D eigenvalue weighted by Crippen LogP contribution is 2.30. The molecule has 6 heteroatoms. The van der Waals surface area contributed by atoms with Crippen molar-refractivity contribution in [2.45, 2.75) is 31.9 Å². The summed E-state index contributed by atoms with van der Waals surface area (Å²) in [5.74, 6) is -0.0540. The fraction of sp³-hybridized carbons (Fsp3) is 0.562. The number of hydrogen-bond donors (Lipinski definition) is 1. The number of halogens is 3. The van der Waals surface area contributed by atoms with E-state index in [1.54, 1.807) is 0 Å². The summed E-state index contributed by atoms with van der Waals surface area (Å²) in [5, 5.41) is 2.88. The second-order valence-electron chi connectivity index (χ2n) is 5.65. The quantitative estimate of drug-likeness (QED) is 0.925. The molecular weight excluding hydrogens is 295 g/mol. The minimum atomic E-state index is -4.32. The minimum absolute atomic E-state index is 0.00191. The average Bonchev–Trinajstić information content (AvgIpc) is 2.52. The first kappa shape index (κ1) is 16.8. The van der Waals surface area contributed by atoms with Gasteiger partial charge in [-0.1, -0.05) is 19.1 Å². The van der Waals surface area contributed by atoms with Crippen molar-refractivity contribution in [1.82, 2.24) is 5.32 Å². The molecule has 1 amide bonds. The molecule has 1 aromatic rings. The maximum atomic E-state index is 12.5. The topological polar surface area (TPSA) is 38.3 Å². The zero-order valence-corrected chi connectivity index (χ0v) is 12.5. The summed E-state index contributed by atoms with van der Waals surface area (Å²) in [5.41, 5.74) is 0.120. The first-order chi connectivity index (χ1) is 10.4. The highest BCUT2D eigenvalue weighted by atomic mass is 19.4. The maximum absolute atomic E-state index is 12.5. The van der Waals surface area contributed by atoms with Crippen LogP contribution in [0.5, 0.6) is 0 Å². The van der Waals surface area contributed by atoms with Gasteiger partial charge in [0, 0.05) is 25.7 Å². The second-order valence-corrected chi connectivity index (χ2v) is 5.65. The van der Waals surface area contributed by atoms with Crippen molar-refractivity contribution in [3.05, 3.63) is 35.4 Å². The van der Waals surface area contributed by atoms with E-state index in [4.69, 9.17) is 4.74 Å². The van der Waals surface area contributed by atoms with Crippen molar-refractivity contribution in [2.75, 3.05) is 19.8 Å². The molecule has 1 saturated heterocycles. The predicted molar refractivity (Wildman–Crippen MR) is 76.4 cm³/mol. The molecule has 2 rings (SSSR count). The van der Waals surface area contributed by atoms with E-state index >= 15 is 0 Å². The average molecular weight is 315 g/mol. The number of nitrogens with one attached hydrogen (secondary N) is 1. The van der Waals surface area contributed by atoms with Crippen molar-refractivity contribution in [3.63, 3.8) is 0 Å².